The van der Waals surface area contributed by atoms with Gasteiger partial charge in [-0.15, -0.1) is 0 Å². The van der Waals surface area contributed by atoms with Crippen LogP contribution in [0.25, 0.3) is 110 Å². The van der Waals surface area contributed by atoms with Gasteiger partial charge in [0, 0.05) is 32.9 Å². The fourth-order valence-electron chi connectivity index (χ4n) is 9.33. The molecule has 0 aliphatic heterocycles. The standard InChI is InChI=1S/C54H34N2/c1-2-13-39(14-3-1)55-51-20-10-8-18-45(51)49-32-37(25-30-53(49)55)38-26-31-54-50(33-38)46-19-9-11-21-52(46)56(54)40-27-22-36(23-28-40)47-34-48-41-15-5-4-12-35(41)24-29-44(48)42-16-6-7-17-43(42)47/h1-34H. The molecule has 0 unspecified atom stereocenters. The highest BCUT2D eigenvalue weighted by atomic mass is 15.0. The molecule has 0 N–H and O–H groups in total. The molecule has 2 nitrogen and oxygen atoms in total. The number of nitrogens with zero attached hydrogens (tertiary/aromatic N) is 2. The van der Waals surface area contributed by atoms with Crippen LogP contribution in [-0.2, 0) is 0 Å². The van der Waals surface area contributed by atoms with Crippen molar-refractivity contribution in [1.29, 1.82) is 0 Å². The molecule has 0 atom stereocenters. The molecule has 0 saturated carbocycles. The summed E-state index contributed by atoms with van der Waals surface area (Å²) in [6.45, 7) is 0. The smallest absolute Gasteiger partial charge is 0.0541 e. The zero-order valence-electron chi connectivity index (χ0n) is 30.5. The molecule has 2 heteroatoms. The lowest BCUT2D eigenvalue weighted by Gasteiger charge is -2.14. The fourth-order valence-corrected chi connectivity index (χ4v) is 9.33. The Hall–Kier alpha value is -7.42. The van der Waals surface area contributed by atoms with Crippen LogP contribution in [0.3, 0.4) is 0 Å². The molecule has 0 fully saturated rings. The highest BCUT2D eigenvalue weighted by Gasteiger charge is 2.17. The summed E-state index contributed by atoms with van der Waals surface area (Å²) in [5, 5.41) is 12.7. The van der Waals surface area contributed by atoms with Crippen molar-refractivity contribution < 1.29 is 0 Å². The quantitative estimate of drug-likeness (QED) is 0.161. The summed E-state index contributed by atoms with van der Waals surface area (Å²) in [5.41, 5.74) is 12.1. The van der Waals surface area contributed by atoms with Crippen LogP contribution in [0.4, 0.5) is 0 Å². The molecule has 12 rings (SSSR count). The summed E-state index contributed by atoms with van der Waals surface area (Å²) in [5.74, 6) is 0. The Labute approximate surface area is 323 Å². The predicted molar refractivity (Wildman–Crippen MR) is 239 cm³/mol. The lowest BCUT2D eigenvalue weighted by molar-refractivity contribution is 1.18. The minimum atomic E-state index is 1.15. The third-order valence-electron chi connectivity index (χ3n) is 11.9. The van der Waals surface area contributed by atoms with E-state index in [0.29, 0.717) is 0 Å². The summed E-state index contributed by atoms with van der Waals surface area (Å²) < 4.78 is 4.79. The topological polar surface area (TPSA) is 9.86 Å². The van der Waals surface area contributed by atoms with Gasteiger partial charge in [-0.1, -0.05) is 140 Å². The number of hydrogen-bond donors (Lipinski definition) is 0. The van der Waals surface area contributed by atoms with Crippen LogP contribution in [0.2, 0.25) is 0 Å². The van der Waals surface area contributed by atoms with E-state index in [1.807, 2.05) is 0 Å². The largest absolute Gasteiger partial charge is 0.309 e. The van der Waals surface area contributed by atoms with Gasteiger partial charge in [0.05, 0.1) is 22.1 Å². The van der Waals surface area contributed by atoms with Crippen molar-refractivity contribution in [2.24, 2.45) is 0 Å². The number of fused-ring (bicyclic) bond motifs is 11. The minimum Gasteiger partial charge on any atom is -0.309 e. The van der Waals surface area contributed by atoms with Gasteiger partial charge in [0.2, 0.25) is 0 Å². The maximum absolute atomic E-state index is 2.42. The molecule has 0 aliphatic rings. The first-order chi connectivity index (χ1) is 27.8. The van der Waals surface area contributed by atoms with Crippen LogP contribution in [-0.4, -0.2) is 9.13 Å². The molecule has 0 spiro atoms. The van der Waals surface area contributed by atoms with Crippen molar-refractivity contribution in [3.63, 3.8) is 0 Å². The van der Waals surface area contributed by atoms with E-state index in [9.17, 15) is 0 Å². The van der Waals surface area contributed by atoms with Crippen molar-refractivity contribution in [1.82, 2.24) is 9.13 Å². The Kier molecular flexibility index (Phi) is 6.66. The summed E-state index contributed by atoms with van der Waals surface area (Å²) in [4.78, 5) is 0. The third kappa shape index (κ3) is 4.57. The molecule has 12 aromatic rings. The number of para-hydroxylation sites is 3. The summed E-state index contributed by atoms with van der Waals surface area (Å²) in [6.07, 6.45) is 0. The first-order valence-electron chi connectivity index (χ1n) is 19.3. The molecule has 0 aliphatic carbocycles. The highest BCUT2D eigenvalue weighted by Crippen LogP contribution is 2.41. The number of hydrogen-bond acceptors (Lipinski definition) is 0. The lowest BCUT2D eigenvalue weighted by Crippen LogP contribution is -1.94. The van der Waals surface area contributed by atoms with Gasteiger partial charge in [-0.25, -0.2) is 0 Å². The van der Waals surface area contributed by atoms with Crippen molar-refractivity contribution in [2.75, 3.05) is 0 Å². The molecule has 0 amide bonds. The zero-order chi connectivity index (χ0) is 36.7. The van der Waals surface area contributed by atoms with Gasteiger partial charge in [0.15, 0.2) is 0 Å². The summed E-state index contributed by atoms with van der Waals surface area (Å²) >= 11 is 0. The van der Waals surface area contributed by atoms with Gasteiger partial charge in [-0.2, -0.15) is 0 Å². The van der Waals surface area contributed by atoms with Gasteiger partial charge in [-0.05, 0) is 121 Å². The molecular formula is C54H34N2. The van der Waals surface area contributed by atoms with E-state index < -0.39 is 0 Å². The average molecular weight is 711 g/mol. The summed E-state index contributed by atoms with van der Waals surface area (Å²) in [7, 11) is 0. The Balaban J connectivity index is 0.991. The molecular weight excluding hydrogens is 677 g/mol. The van der Waals surface area contributed by atoms with Crippen LogP contribution in [0, 0.1) is 0 Å². The zero-order valence-corrected chi connectivity index (χ0v) is 30.5. The van der Waals surface area contributed by atoms with Crippen LogP contribution in [0.1, 0.15) is 0 Å². The minimum absolute atomic E-state index is 1.15. The predicted octanol–water partition coefficient (Wildman–Crippen LogP) is 14.7. The molecule has 260 valence electrons. The second-order valence-electron chi connectivity index (χ2n) is 14.9. The maximum atomic E-state index is 2.42. The van der Waals surface area contributed by atoms with Gasteiger partial charge >= 0.3 is 0 Å². The van der Waals surface area contributed by atoms with Crippen LogP contribution >= 0.6 is 0 Å². The SMILES string of the molecule is c1ccc(-n2c3ccccc3c3cc(-c4ccc5c(c4)c4ccccc4n5-c4ccc(-c5cc6c7ccccc7ccc6c6ccccc56)cc4)ccc32)cc1. The number of rotatable bonds is 4. The van der Waals surface area contributed by atoms with Crippen LogP contribution in [0.15, 0.2) is 206 Å². The first kappa shape index (κ1) is 31.0. The Morgan fingerprint density at radius 3 is 1.34 bits per heavy atom. The molecule has 2 aromatic heterocycles. The van der Waals surface area contributed by atoms with E-state index >= 15 is 0 Å². The molecule has 0 radical (unpaired) electrons. The van der Waals surface area contributed by atoms with E-state index in [1.54, 1.807) is 0 Å². The highest BCUT2D eigenvalue weighted by molar-refractivity contribution is 6.21. The Bertz CT molecular complexity index is 3510. The van der Waals surface area contributed by atoms with Gasteiger partial charge in [0.25, 0.3) is 0 Å². The maximum Gasteiger partial charge on any atom is 0.0541 e. The molecule has 0 saturated heterocycles. The first-order valence-corrected chi connectivity index (χ1v) is 19.3. The van der Waals surface area contributed by atoms with Crippen LogP contribution < -0.4 is 0 Å². The van der Waals surface area contributed by atoms with Crippen molar-refractivity contribution in [3.05, 3.63) is 206 Å². The molecule has 2 heterocycles. The molecule has 0 bridgehead atoms. The fraction of sp³-hybridized carbons (Fsp3) is 0. The summed E-state index contributed by atoms with van der Waals surface area (Å²) in [6, 6.07) is 75.7. The van der Waals surface area contributed by atoms with E-state index in [2.05, 4.69) is 215 Å². The lowest BCUT2D eigenvalue weighted by atomic mass is 9.91. The van der Waals surface area contributed by atoms with E-state index in [-0.39, 0.29) is 0 Å². The third-order valence-corrected chi connectivity index (χ3v) is 11.9. The van der Waals surface area contributed by atoms with E-state index in [4.69, 9.17) is 0 Å². The monoisotopic (exact) mass is 710 g/mol. The second-order valence-corrected chi connectivity index (χ2v) is 14.9. The van der Waals surface area contributed by atoms with Crippen molar-refractivity contribution in [2.45, 2.75) is 0 Å². The van der Waals surface area contributed by atoms with Crippen LogP contribution in [0.5, 0.6) is 0 Å². The van der Waals surface area contributed by atoms with E-state index in [0.717, 1.165) is 5.69 Å². The van der Waals surface area contributed by atoms with Crippen molar-refractivity contribution >= 4 is 75.9 Å². The van der Waals surface area contributed by atoms with E-state index in [1.165, 1.54) is 104 Å². The van der Waals surface area contributed by atoms with Crippen molar-refractivity contribution in [3.8, 4) is 33.6 Å². The normalized spacial score (nSPS) is 11.9. The van der Waals surface area contributed by atoms with Gasteiger partial charge < -0.3 is 9.13 Å². The molecule has 56 heavy (non-hydrogen) atoms. The van der Waals surface area contributed by atoms with Gasteiger partial charge in [0.1, 0.15) is 0 Å². The number of benzene rings is 10. The second kappa shape index (κ2) is 12.0. The molecule has 10 aromatic carbocycles. The average Bonchev–Trinajstić information content (AvgIpc) is 3.78. The Morgan fingerprint density at radius 2 is 0.696 bits per heavy atom. The number of aromatic nitrogens is 2. The van der Waals surface area contributed by atoms with Gasteiger partial charge in [-0.3, -0.25) is 0 Å². The Morgan fingerprint density at radius 1 is 0.232 bits per heavy atom.